The molecular formula is C12H14F2O2S. The summed E-state index contributed by atoms with van der Waals surface area (Å²) in [6, 6.07) is 9.39. The van der Waals surface area contributed by atoms with Gasteiger partial charge in [-0.15, -0.1) is 0 Å². The molecule has 0 aliphatic carbocycles. The normalized spacial score (nSPS) is 27.2. The number of rotatable bonds is 4. The van der Waals surface area contributed by atoms with Crippen LogP contribution < -0.4 is 0 Å². The van der Waals surface area contributed by atoms with Gasteiger partial charge in [0, 0.05) is 16.6 Å². The maximum Gasteiger partial charge on any atom is 0.265 e. The van der Waals surface area contributed by atoms with Crippen LogP contribution in [0, 0.1) is 5.92 Å². The van der Waals surface area contributed by atoms with Crippen molar-refractivity contribution in [2.45, 2.75) is 12.5 Å². The molecule has 0 aromatic heterocycles. The van der Waals surface area contributed by atoms with Gasteiger partial charge in [0.15, 0.2) is 0 Å². The van der Waals surface area contributed by atoms with Crippen molar-refractivity contribution in [2.75, 3.05) is 18.1 Å². The molecule has 1 saturated heterocycles. The third-order valence-corrected chi connectivity index (χ3v) is 4.25. The minimum absolute atomic E-state index is 0.0341. The van der Waals surface area contributed by atoms with Crippen LogP contribution in [0.3, 0.4) is 0 Å². The highest BCUT2D eigenvalue weighted by molar-refractivity contribution is 7.85. The van der Waals surface area contributed by atoms with Crippen molar-refractivity contribution in [3.63, 3.8) is 0 Å². The number of hydrogen-bond acceptors (Lipinski definition) is 2. The molecule has 0 N–H and O–H groups in total. The summed E-state index contributed by atoms with van der Waals surface area (Å²) in [4.78, 5) is 0. The number of ether oxygens (including phenoxy) is 1. The summed E-state index contributed by atoms with van der Waals surface area (Å²) < 4.78 is 43.0. The summed E-state index contributed by atoms with van der Waals surface area (Å²) in [6.45, 7) is 0.285. The van der Waals surface area contributed by atoms with Crippen LogP contribution in [0.25, 0.3) is 0 Å². The highest BCUT2D eigenvalue weighted by atomic mass is 32.2. The molecule has 1 aliphatic heterocycles. The van der Waals surface area contributed by atoms with E-state index in [9.17, 15) is 13.0 Å². The molecule has 1 fully saturated rings. The number of halogens is 2. The van der Waals surface area contributed by atoms with Gasteiger partial charge in [0.05, 0.1) is 24.9 Å². The molecule has 1 aromatic carbocycles. The first-order chi connectivity index (χ1) is 8.08. The Balaban J connectivity index is 1.81. The smallest absolute Gasteiger partial charge is 0.265 e. The molecule has 1 heterocycles. The van der Waals surface area contributed by atoms with E-state index in [1.807, 2.05) is 30.3 Å². The van der Waals surface area contributed by atoms with E-state index in [2.05, 4.69) is 0 Å². The zero-order valence-corrected chi connectivity index (χ0v) is 10.1. The molecule has 1 aromatic rings. The first-order valence-electron chi connectivity index (χ1n) is 5.42. The summed E-state index contributed by atoms with van der Waals surface area (Å²) in [7, 11) is -1.40. The zero-order chi connectivity index (χ0) is 12.3. The second-order valence-electron chi connectivity index (χ2n) is 4.21. The topological polar surface area (TPSA) is 26.3 Å². The third kappa shape index (κ3) is 3.33. The van der Waals surface area contributed by atoms with Gasteiger partial charge in [-0.25, -0.2) is 8.78 Å². The minimum atomic E-state index is -2.85. The summed E-state index contributed by atoms with van der Waals surface area (Å²) in [5.41, 5.74) is 0.954. The average molecular weight is 260 g/mol. The van der Waals surface area contributed by atoms with Crippen LogP contribution in [0.5, 0.6) is 0 Å². The Bertz CT molecular complexity index is 395. The molecule has 5 heteroatoms. The first kappa shape index (κ1) is 12.6. The Kier molecular flexibility index (Phi) is 3.89. The Morgan fingerprint density at radius 2 is 2.06 bits per heavy atom. The van der Waals surface area contributed by atoms with Crippen LogP contribution in [-0.4, -0.2) is 28.2 Å². The molecule has 0 bridgehead atoms. The van der Waals surface area contributed by atoms with E-state index in [0.29, 0.717) is 6.61 Å². The van der Waals surface area contributed by atoms with Crippen molar-refractivity contribution in [2.24, 2.45) is 5.92 Å². The fourth-order valence-corrected chi connectivity index (χ4v) is 3.37. The molecule has 0 radical (unpaired) electrons. The fourth-order valence-electron chi connectivity index (χ4n) is 1.80. The highest BCUT2D eigenvalue weighted by Gasteiger charge is 2.47. The van der Waals surface area contributed by atoms with Gasteiger partial charge in [0.25, 0.3) is 5.92 Å². The third-order valence-electron chi connectivity index (χ3n) is 2.77. The minimum Gasteiger partial charge on any atom is -0.376 e. The van der Waals surface area contributed by atoms with Crippen molar-refractivity contribution in [3.8, 4) is 0 Å². The lowest BCUT2D eigenvalue weighted by Gasteiger charge is -2.17. The van der Waals surface area contributed by atoms with Crippen LogP contribution in [0.4, 0.5) is 8.78 Å². The van der Waals surface area contributed by atoms with E-state index >= 15 is 0 Å². The highest BCUT2D eigenvalue weighted by Crippen LogP contribution is 2.33. The maximum absolute atomic E-state index is 13.3. The molecule has 2 rings (SSSR count). The monoisotopic (exact) mass is 260 g/mol. The SMILES string of the molecule is O=S1C[C@H](COCc2ccccc2)C(F)(F)C1. The lowest BCUT2D eigenvalue weighted by molar-refractivity contribution is -0.0553. The predicted octanol–water partition coefficient (Wildman–Crippen LogP) is 2.22. The van der Waals surface area contributed by atoms with Crippen LogP contribution >= 0.6 is 0 Å². The quantitative estimate of drug-likeness (QED) is 0.829. The maximum atomic E-state index is 13.3. The largest absolute Gasteiger partial charge is 0.376 e. The van der Waals surface area contributed by atoms with Gasteiger partial charge in [0.2, 0.25) is 0 Å². The summed E-state index contributed by atoms with van der Waals surface area (Å²) in [5.74, 6) is -4.23. The van der Waals surface area contributed by atoms with Crippen LogP contribution in [0.2, 0.25) is 0 Å². The zero-order valence-electron chi connectivity index (χ0n) is 9.27. The van der Waals surface area contributed by atoms with E-state index in [-0.39, 0.29) is 12.4 Å². The van der Waals surface area contributed by atoms with E-state index in [1.54, 1.807) is 0 Å². The molecule has 2 nitrogen and oxygen atoms in total. The summed E-state index contributed by atoms with van der Waals surface area (Å²) in [6.07, 6.45) is 0. The first-order valence-corrected chi connectivity index (χ1v) is 6.91. The fraction of sp³-hybridized carbons (Fsp3) is 0.500. The van der Waals surface area contributed by atoms with Gasteiger partial charge in [-0.2, -0.15) is 0 Å². The second kappa shape index (κ2) is 5.23. The van der Waals surface area contributed by atoms with Crippen molar-refractivity contribution in [1.82, 2.24) is 0 Å². The van der Waals surface area contributed by atoms with Gasteiger partial charge in [-0.3, -0.25) is 4.21 Å². The Labute approximate surface area is 101 Å². The molecule has 0 spiro atoms. The van der Waals surface area contributed by atoms with E-state index in [4.69, 9.17) is 4.74 Å². The van der Waals surface area contributed by atoms with Gasteiger partial charge in [-0.05, 0) is 5.56 Å². The molecular weight excluding hydrogens is 246 g/mol. The molecule has 94 valence electrons. The Hall–Kier alpha value is -0.810. The molecule has 0 saturated carbocycles. The lowest BCUT2D eigenvalue weighted by Crippen LogP contribution is -2.30. The molecule has 0 amide bonds. The number of hydrogen-bond donors (Lipinski definition) is 0. The van der Waals surface area contributed by atoms with Crippen LogP contribution in [0.15, 0.2) is 30.3 Å². The van der Waals surface area contributed by atoms with Crippen molar-refractivity contribution >= 4 is 10.8 Å². The van der Waals surface area contributed by atoms with Crippen molar-refractivity contribution in [1.29, 1.82) is 0 Å². The second-order valence-corrected chi connectivity index (χ2v) is 5.71. The average Bonchev–Trinajstić information content (AvgIpc) is 2.53. The summed E-state index contributed by atoms with van der Waals surface area (Å²) in [5, 5.41) is 0. The number of benzene rings is 1. The standard InChI is InChI=1S/C12H14F2O2S/c13-12(14)9-17(15)8-11(12)7-16-6-10-4-2-1-3-5-10/h1-5,11H,6-9H2/t11-,17?/m0/s1. The number of alkyl halides is 2. The van der Waals surface area contributed by atoms with E-state index < -0.39 is 28.4 Å². The lowest BCUT2D eigenvalue weighted by atomic mass is 10.1. The van der Waals surface area contributed by atoms with Gasteiger partial charge in [-0.1, -0.05) is 30.3 Å². The van der Waals surface area contributed by atoms with Gasteiger partial charge in [0.1, 0.15) is 0 Å². The van der Waals surface area contributed by atoms with E-state index in [0.717, 1.165) is 5.56 Å². The molecule has 2 atom stereocenters. The van der Waals surface area contributed by atoms with Crippen LogP contribution in [0.1, 0.15) is 5.56 Å². The van der Waals surface area contributed by atoms with Crippen molar-refractivity contribution in [3.05, 3.63) is 35.9 Å². The molecule has 1 unspecified atom stereocenters. The predicted molar refractivity (Wildman–Crippen MR) is 62.4 cm³/mol. The van der Waals surface area contributed by atoms with Gasteiger partial charge < -0.3 is 4.74 Å². The van der Waals surface area contributed by atoms with E-state index in [1.165, 1.54) is 0 Å². The summed E-state index contributed by atoms with van der Waals surface area (Å²) >= 11 is 0. The van der Waals surface area contributed by atoms with Crippen LogP contribution in [-0.2, 0) is 22.1 Å². The molecule has 17 heavy (non-hydrogen) atoms. The van der Waals surface area contributed by atoms with Crippen molar-refractivity contribution < 1.29 is 17.7 Å². The van der Waals surface area contributed by atoms with Gasteiger partial charge >= 0.3 is 0 Å². The Morgan fingerprint density at radius 3 is 2.65 bits per heavy atom. The molecule has 1 aliphatic rings. The Morgan fingerprint density at radius 1 is 1.35 bits per heavy atom.